The second-order valence-corrected chi connectivity index (χ2v) is 3.25. The molecule has 15 heavy (non-hydrogen) atoms. The molecule has 2 aromatic rings. The van der Waals surface area contributed by atoms with E-state index in [1.165, 1.54) is 24.0 Å². The maximum absolute atomic E-state index is 2.21. The first-order chi connectivity index (χ1) is 6.88. The first kappa shape index (κ1) is 14.2. The van der Waals surface area contributed by atoms with Crippen LogP contribution in [0.4, 0.5) is 0 Å². The molecular weight excluding hydrogens is 223 g/mol. The first-order valence-corrected chi connectivity index (χ1v) is 5.28. The van der Waals surface area contributed by atoms with Crippen LogP contribution in [-0.2, 0) is 29.9 Å². The van der Waals surface area contributed by atoms with E-state index in [2.05, 4.69) is 32.0 Å². The summed E-state index contributed by atoms with van der Waals surface area (Å²) in [7, 11) is 0. The van der Waals surface area contributed by atoms with Crippen molar-refractivity contribution in [2.45, 2.75) is 26.7 Å². The molecule has 0 spiro atoms. The van der Waals surface area contributed by atoms with E-state index in [4.69, 9.17) is 0 Å². The Morgan fingerprint density at radius 3 is 1.93 bits per heavy atom. The average Bonchev–Trinajstić information content (AvgIpc) is 2.91. The molecular formula is C14H18Mn-6. The van der Waals surface area contributed by atoms with Gasteiger partial charge >= 0.3 is 0 Å². The van der Waals surface area contributed by atoms with E-state index in [1.807, 2.05) is 30.3 Å². The third-order valence-electron chi connectivity index (χ3n) is 2.32. The molecule has 0 aliphatic rings. The number of rotatable bonds is 2. The summed E-state index contributed by atoms with van der Waals surface area (Å²) in [5, 5.41) is 0. The van der Waals surface area contributed by atoms with Crippen LogP contribution >= 0.6 is 0 Å². The van der Waals surface area contributed by atoms with Crippen molar-refractivity contribution >= 4 is 0 Å². The van der Waals surface area contributed by atoms with E-state index in [0.29, 0.717) is 0 Å². The summed E-state index contributed by atoms with van der Waals surface area (Å²) in [6, 6.07) is 16.6. The van der Waals surface area contributed by atoms with Gasteiger partial charge in [-0.15, -0.1) is 0 Å². The van der Waals surface area contributed by atoms with E-state index >= 15 is 0 Å². The van der Waals surface area contributed by atoms with E-state index < -0.39 is 0 Å². The maximum atomic E-state index is 2.21. The number of hydrogen-bond donors (Lipinski definition) is 0. The zero-order chi connectivity index (χ0) is 10.2. The van der Waals surface area contributed by atoms with Gasteiger partial charge in [0.1, 0.15) is 0 Å². The van der Waals surface area contributed by atoms with Crippen LogP contribution in [0.25, 0.3) is 0 Å². The number of aryl methyl sites for hydroxylation is 2. The van der Waals surface area contributed by atoms with Gasteiger partial charge in [-0.3, -0.25) is 0 Å². The smallest absolute Gasteiger partial charge is 0 e. The quantitative estimate of drug-likeness (QED) is 0.552. The maximum Gasteiger partial charge on any atom is 0 e. The molecule has 0 amide bonds. The Balaban J connectivity index is 0.000000280. The minimum Gasteiger partial charge on any atom is -0.748 e. The second kappa shape index (κ2) is 8.52. The van der Waals surface area contributed by atoms with Crippen LogP contribution in [0.2, 0.25) is 0 Å². The zero-order valence-electron chi connectivity index (χ0n) is 9.41. The summed E-state index contributed by atoms with van der Waals surface area (Å²) in [4.78, 5) is 0. The van der Waals surface area contributed by atoms with Gasteiger partial charge in [0.2, 0.25) is 0 Å². The topological polar surface area (TPSA) is 0 Å². The SMILES string of the molecule is CCc1ccc[c-]1CC.[Mn].[cH-]1[cH-][cH-][cH-][cH-]1. The Kier molecular flexibility index (Phi) is 8.08. The van der Waals surface area contributed by atoms with E-state index in [1.54, 1.807) is 0 Å². The second-order valence-electron chi connectivity index (χ2n) is 3.25. The molecule has 0 unspecified atom stereocenters. The molecule has 2 aromatic carbocycles. The van der Waals surface area contributed by atoms with E-state index in [0.717, 1.165) is 0 Å². The van der Waals surface area contributed by atoms with E-state index in [-0.39, 0.29) is 17.1 Å². The minimum atomic E-state index is 0. The Hall–Kier alpha value is -0.781. The molecule has 87 valence electrons. The van der Waals surface area contributed by atoms with Gasteiger partial charge in [-0.2, -0.15) is 17.2 Å². The fourth-order valence-corrected chi connectivity index (χ4v) is 1.51. The summed E-state index contributed by atoms with van der Waals surface area (Å²) in [6.07, 6.45) is 2.35. The molecule has 0 aliphatic heterocycles. The Labute approximate surface area is 104 Å². The Morgan fingerprint density at radius 2 is 1.60 bits per heavy atom. The number of hydrogen-bond acceptors (Lipinski definition) is 0. The van der Waals surface area contributed by atoms with Gasteiger partial charge in [-0.05, 0) is 0 Å². The third-order valence-corrected chi connectivity index (χ3v) is 2.32. The van der Waals surface area contributed by atoms with E-state index in [9.17, 15) is 0 Å². The predicted molar refractivity (Wildman–Crippen MR) is 62.8 cm³/mol. The van der Waals surface area contributed by atoms with Crippen molar-refractivity contribution in [3.8, 4) is 0 Å². The molecule has 0 bridgehead atoms. The summed E-state index contributed by atoms with van der Waals surface area (Å²) < 4.78 is 0. The molecule has 0 aliphatic carbocycles. The van der Waals surface area contributed by atoms with Crippen molar-refractivity contribution in [3.05, 3.63) is 59.7 Å². The monoisotopic (exact) mass is 241 g/mol. The van der Waals surface area contributed by atoms with Gasteiger partial charge < -0.3 is 30.3 Å². The van der Waals surface area contributed by atoms with Crippen molar-refractivity contribution < 1.29 is 17.1 Å². The van der Waals surface area contributed by atoms with Crippen LogP contribution in [0.5, 0.6) is 0 Å². The van der Waals surface area contributed by atoms with Crippen LogP contribution in [0.1, 0.15) is 25.0 Å². The fourth-order valence-electron chi connectivity index (χ4n) is 1.51. The minimum absolute atomic E-state index is 0. The van der Waals surface area contributed by atoms with Gasteiger partial charge in [-0.25, -0.2) is 12.1 Å². The molecule has 0 fully saturated rings. The van der Waals surface area contributed by atoms with Crippen LogP contribution in [-0.4, -0.2) is 0 Å². The summed E-state index contributed by atoms with van der Waals surface area (Å²) >= 11 is 0. The summed E-state index contributed by atoms with van der Waals surface area (Å²) in [5.41, 5.74) is 3.02. The molecule has 0 saturated heterocycles. The zero-order valence-corrected chi connectivity index (χ0v) is 10.6. The largest absolute Gasteiger partial charge is 0.748 e. The van der Waals surface area contributed by atoms with Crippen LogP contribution < -0.4 is 0 Å². The van der Waals surface area contributed by atoms with Crippen molar-refractivity contribution in [1.29, 1.82) is 0 Å². The molecule has 0 nitrogen and oxygen atoms in total. The van der Waals surface area contributed by atoms with Gasteiger partial charge in [0.05, 0.1) is 0 Å². The van der Waals surface area contributed by atoms with Crippen molar-refractivity contribution in [2.75, 3.05) is 0 Å². The van der Waals surface area contributed by atoms with Crippen molar-refractivity contribution in [3.63, 3.8) is 0 Å². The predicted octanol–water partition coefficient (Wildman–Crippen LogP) is 3.93. The third kappa shape index (κ3) is 5.01. The average molecular weight is 241 g/mol. The van der Waals surface area contributed by atoms with Crippen LogP contribution in [0, 0.1) is 0 Å². The van der Waals surface area contributed by atoms with Crippen molar-refractivity contribution in [2.24, 2.45) is 0 Å². The molecule has 0 aromatic heterocycles. The molecule has 1 heteroatoms. The molecule has 0 N–H and O–H groups in total. The Bertz CT molecular complexity index is 281. The first-order valence-electron chi connectivity index (χ1n) is 5.28. The molecule has 2 rings (SSSR count). The van der Waals surface area contributed by atoms with Crippen molar-refractivity contribution in [1.82, 2.24) is 0 Å². The molecule has 0 saturated carbocycles. The normalized spacial score (nSPS) is 8.67. The fraction of sp³-hybridized carbons (Fsp3) is 0.286. The van der Waals surface area contributed by atoms with Crippen LogP contribution in [0.15, 0.2) is 48.5 Å². The Morgan fingerprint density at radius 1 is 1.07 bits per heavy atom. The molecule has 0 atom stereocenters. The van der Waals surface area contributed by atoms with Gasteiger partial charge in [0.15, 0.2) is 0 Å². The summed E-state index contributed by atoms with van der Waals surface area (Å²) in [5.74, 6) is 0. The standard InChI is InChI=1S/C9H13.C5H5.Mn/c1-3-8-6-5-7-9(8)4-2;1-2-4-5-3-1;/h5-7H,3-4H2,1-2H3;1-5H;/q-1;-5;. The van der Waals surface area contributed by atoms with Gasteiger partial charge in [-0.1, -0.05) is 26.7 Å². The van der Waals surface area contributed by atoms with Gasteiger partial charge in [0.25, 0.3) is 0 Å². The van der Waals surface area contributed by atoms with Crippen LogP contribution in [0.3, 0.4) is 0 Å². The summed E-state index contributed by atoms with van der Waals surface area (Å²) in [6.45, 7) is 4.41. The van der Waals surface area contributed by atoms with Gasteiger partial charge in [0, 0.05) is 17.1 Å². The molecule has 0 heterocycles. The molecule has 1 radical (unpaired) electrons.